The molecule has 2 N–H and O–H groups in total. The van der Waals surface area contributed by atoms with Crippen molar-refractivity contribution < 1.29 is 46.0 Å². The van der Waals surface area contributed by atoms with Crippen LogP contribution in [0.5, 0.6) is 11.5 Å². The maximum absolute atomic E-state index is 11.4. The van der Waals surface area contributed by atoms with Gasteiger partial charge in [0.25, 0.3) is 11.4 Å². The maximum atomic E-state index is 11.4. The van der Waals surface area contributed by atoms with Crippen LogP contribution >= 0.6 is 0 Å². The Labute approximate surface area is 341 Å². The van der Waals surface area contributed by atoms with Gasteiger partial charge in [-0.1, -0.05) is 60.7 Å². The van der Waals surface area contributed by atoms with Gasteiger partial charge >= 0.3 is 37.7 Å². The van der Waals surface area contributed by atoms with Crippen LogP contribution in [0.15, 0.2) is 127 Å². The van der Waals surface area contributed by atoms with Gasteiger partial charge in [-0.15, -0.1) is 20.5 Å². The average molecular weight is 813 g/mol. The number of aromatic hydroxyl groups is 2. The summed E-state index contributed by atoms with van der Waals surface area (Å²) in [4.78, 5) is 19.3. The number of phenolic OH excluding ortho intramolecular Hbond substituents is 2. The van der Waals surface area contributed by atoms with Crippen molar-refractivity contribution in [3.63, 3.8) is 0 Å². The van der Waals surface area contributed by atoms with Crippen molar-refractivity contribution in [1.29, 1.82) is 0 Å². The number of nitro groups is 2. The summed E-state index contributed by atoms with van der Waals surface area (Å²) in [6, 6.07) is 23.4. The molecule has 6 aromatic rings. The zero-order valence-corrected chi connectivity index (χ0v) is 32.3. The monoisotopic (exact) mass is 812 g/mol. The van der Waals surface area contributed by atoms with Gasteiger partial charge in [-0.3, -0.25) is 20.2 Å². The van der Waals surface area contributed by atoms with Gasteiger partial charge in [0.2, 0.25) is 0 Å². The van der Waals surface area contributed by atoms with Gasteiger partial charge in [0, 0.05) is 22.9 Å². The van der Waals surface area contributed by atoms with E-state index in [0.29, 0.717) is 21.5 Å². The third-order valence-electron chi connectivity index (χ3n) is 7.92. The van der Waals surface area contributed by atoms with Crippen LogP contribution in [0.1, 0.15) is 11.1 Å². The largest absolute Gasteiger partial charge is 2.00 e. The SMILES string of the molecule is Cc1c(N=Nc2c(O)c(S(=O)(=O)[O-])cc3ccccc23)cccc1[N+](=O)[O-].Cc1c(N=Nc2c(O)c(S(=O)(=O)[O-])cc3ccccc23)cccc1[N+](=O)[O-].[Ca+2]. The summed E-state index contributed by atoms with van der Waals surface area (Å²) in [5.41, 5.74) is 0.103. The molecule has 0 aliphatic heterocycles. The summed E-state index contributed by atoms with van der Waals surface area (Å²) in [6.45, 7) is 2.98. The number of rotatable bonds is 8. The van der Waals surface area contributed by atoms with Crippen LogP contribution in [0.3, 0.4) is 0 Å². The summed E-state index contributed by atoms with van der Waals surface area (Å²) in [5, 5.41) is 59.7. The van der Waals surface area contributed by atoms with Crippen LogP contribution in [0.4, 0.5) is 34.1 Å². The summed E-state index contributed by atoms with van der Waals surface area (Å²) in [6.07, 6.45) is 0. The summed E-state index contributed by atoms with van der Waals surface area (Å²) in [7, 11) is -9.90. The molecule has 6 rings (SSSR count). The van der Waals surface area contributed by atoms with Crippen LogP contribution < -0.4 is 0 Å². The van der Waals surface area contributed by atoms with E-state index in [2.05, 4.69) is 20.5 Å². The molecule has 0 aromatic heterocycles. The van der Waals surface area contributed by atoms with Crippen LogP contribution in [0, 0.1) is 34.1 Å². The minimum absolute atomic E-state index is 0. The first-order valence-electron chi connectivity index (χ1n) is 15.1. The molecule has 0 amide bonds. The van der Waals surface area contributed by atoms with Gasteiger partial charge in [-0.25, -0.2) is 16.8 Å². The summed E-state index contributed by atoms with van der Waals surface area (Å²) in [5.74, 6) is -1.65. The minimum Gasteiger partial charge on any atom is -0.744 e. The molecule has 0 aliphatic carbocycles. The standard InChI is InChI=1S/2C17H13N3O6S.Ca/c2*1-10-13(7-4-8-14(10)20(22)23)18-19-16-12-6-3-2-5-11(12)9-15(17(16)21)27(24,25)26;/h2*2-9,21H,1H3,(H,24,25,26);/q;;+2/p-2. The predicted octanol–water partition coefficient (Wildman–Crippen LogP) is 7.78. The fraction of sp³-hybridized carbons (Fsp3) is 0.0588. The van der Waals surface area contributed by atoms with E-state index in [1.807, 2.05) is 0 Å². The van der Waals surface area contributed by atoms with Crippen molar-refractivity contribution >= 4 is 114 Å². The molecular formula is C34H24CaN6O12S2. The van der Waals surface area contributed by atoms with Gasteiger partial charge in [0.1, 0.15) is 31.6 Å². The Morgan fingerprint density at radius 3 is 1.22 bits per heavy atom. The number of nitro benzene ring substituents is 2. The predicted molar refractivity (Wildman–Crippen MR) is 197 cm³/mol. The van der Waals surface area contributed by atoms with E-state index in [1.54, 1.807) is 48.5 Å². The fourth-order valence-electron chi connectivity index (χ4n) is 5.21. The zero-order valence-electron chi connectivity index (χ0n) is 28.4. The zero-order chi connectivity index (χ0) is 39.5. The van der Waals surface area contributed by atoms with E-state index >= 15 is 0 Å². The normalized spacial score (nSPS) is 11.7. The van der Waals surface area contributed by atoms with E-state index in [4.69, 9.17) is 0 Å². The second-order valence-electron chi connectivity index (χ2n) is 11.3. The molecule has 0 saturated carbocycles. The van der Waals surface area contributed by atoms with Crippen molar-refractivity contribution in [3.05, 3.63) is 128 Å². The number of benzene rings is 6. The average Bonchev–Trinajstić information content (AvgIpc) is 3.10. The molecule has 55 heavy (non-hydrogen) atoms. The van der Waals surface area contributed by atoms with Gasteiger partial charge < -0.3 is 19.3 Å². The molecule has 0 heterocycles. The molecular weight excluding hydrogens is 789 g/mol. The molecule has 0 saturated heterocycles. The van der Waals surface area contributed by atoms with Crippen molar-refractivity contribution in [2.24, 2.45) is 20.5 Å². The van der Waals surface area contributed by atoms with Crippen LogP contribution in [0.2, 0.25) is 0 Å². The Hall–Kier alpha value is -5.48. The third-order valence-corrected chi connectivity index (χ3v) is 9.62. The molecule has 0 bridgehead atoms. The van der Waals surface area contributed by atoms with E-state index in [9.17, 15) is 56.4 Å². The van der Waals surface area contributed by atoms with Crippen molar-refractivity contribution in [2.45, 2.75) is 23.6 Å². The maximum Gasteiger partial charge on any atom is 2.00 e. The molecule has 18 nitrogen and oxygen atoms in total. The topological polar surface area (TPSA) is 291 Å². The molecule has 0 aliphatic rings. The minimum atomic E-state index is -4.95. The van der Waals surface area contributed by atoms with E-state index in [0.717, 1.165) is 12.1 Å². The first kappa shape index (κ1) is 42.3. The number of azo groups is 2. The van der Waals surface area contributed by atoms with Gasteiger partial charge in [0.15, 0.2) is 11.5 Å². The van der Waals surface area contributed by atoms with E-state index < -0.39 is 51.4 Å². The second kappa shape index (κ2) is 16.9. The Kier molecular flexibility index (Phi) is 13.0. The molecule has 0 radical (unpaired) electrons. The van der Waals surface area contributed by atoms with Crippen LogP contribution in [0.25, 0.3) is 21.5 Å². The summed E-state index contributed by atoms with van der Waals surface area (Å²) >= 11 is 0. The molecule has 21 heteroatoms. The number of nitrogens with zero attached hydrogens (tertiary/aromatic N) is 6. The van der Waals surface area contributed by atoms with E-state index in [1.165, 1.54) is 50.2 Å². The summed E-state index contributed by atoms with van der Waals surface area (Å²) < 4.78 is 68.6. The Bertz CT molecular complexity index is 2610. The first-order chi connectivity index (χ1) is 25.4. The van der Waals surface area contributed by atoms with Crippen LogP contribution in [-0.4, -0.2) is 83.7 Å². The molecule has 0 fully saturated rings. The molecule has 276 valence electrons. The molecule has 0 unspecified atom stereocenters. The molecule has 0 atom stereocenters. The van der Waals surface area contributed by atoms with Crippen molar-refractivity contribution in [2.75, 3.05) is 0 Å². The van der Waals surface area contributed by atoms with Crippen molar-refractivity contribution in [3.8, 4) is 11.5 Å². The number of hydrogen-bond acceptors (Lipinski definition) is 16. The third kappa shape index (κ3) is 9.25. The quantitative estimate of drug-likeness (QED) is 0.0489. The first-order valence-corrected chi connectivity index (χ1v) is 17.9. The Morgan fingerprint density at radius 1 is 0.545 bits per heavy atom. The molecule has 0 spiro atoms. The second-order valence-corrected chi connectivity index (χ2v) is 13.9. The Balaban J connectivity index is 0.000000240. The van der Waals surface area contributed by atoms with Gasteiger partial charge in [-0.05, 0) is 48.9 Å². The smallest absolute Gasteiger partial charge is 0.744 e. The molecule has 6 aromatic carbocycles. The van der Waals surface area contributed by atoms with E-state index in [-0.39, 0.29) is 83.0 Å². The Morgan fingerprint density at radius 2 is 0.891 bits per heavy atom. The van der Waals surface area contributed by atoms with Gasteiger partial charge in [0.05, 0.1) is 42.1 Å². The number of phenols is 2. The number of fused-ring (bicyclic) bond motifs is 2. The van der Waals surface area contributed by atoms with Gasteiger partial charge in [-0.2, -0.15) is 0 Å². The fourth-order valence-corrected chi connectivity index (χ4v) is 6.42. The number of hydrogen-bond donors (Lipinski definition) is 2. The van der Waals surface area contributed by atoms with Crippen molar-refractivity contribution in [1.82, 2.24) is 0 Å². The van der Waals surface area contributed by atoms with Crippen LogP contribution in [-0.2, 0) is 20.2 Å².